The van der Waals surface area contributed by atoms with E-state index in [0.29, 0.717) is 29.1 Å². The van der Waals surface area contributed by atoms with E-state index in [1.165, 1.54) is 4.88 Å². The Balaban J connectivity index is 1.39. The minimum atomic E-state index is -0.256. The lowest BCUT2D eigenvalue weighted by atomic mass is 9.83. The number of aromatic nitrogens is 1. The summed E-state index contributed by atoms with van der Waals surface area (Å²) in [5.74, 6) is 1.05. The summed E-state index contributed by atoms with van der Waals surface area (Å²) < 4.78 is 7.33. The van der Waals surface area contributed by atoms with E-state index in [-0.39, 0.29) is 17.4 Å². The van der Waals surface area contributed by atoms with Gasteiger partial charge >= 0.3 is 5.97 Å². The highest BCUT2D eigenvalue weighted by molar-refractivity contribution is 7.80. The van der Waals surface area contributed by atoms with Crippen LogP contribution in [0.3, 0.4) is 0 Å². The van der Waals surface area contributed by atoms with Crippen LogP contribution in [-0.2, 0) is 24.1 Å². The van der Waals surface area contributed by atoms with Gasteiger partial charge in [0.2, 0.25) is 0 Å². The zero-order valence-corrected chi connectivity index (χ0v) is 20.2. The van der Waals surface area contributed by atoms with Crippen LogP contribution in [0.25, 0.3) is 0 Å². The molecular formula is C24H29N3O3S2. The summed E-state index contributed by atoms with van der Waals surface area (Å²) in [6, 6.07) is 5.56. The summed E-state index contributed by atoms with van der Waals surface area (Å²) in [5, 5.41) is 4.90. The van der Waals surface area contributed by atoms with Gasteiger partial charge in [-0.15, -0.1) is 11.3 Å². The SMILES string of the molecule is CCOC(=O)c1c(NC(=S)N2CC3CC(C2)c2cccc(=O)n2C3)sc2c1CCC(C)C2. The number of hydrogen-bond donors (Lipinski definition) is 1. The first-order valence-electron chi connectivity index (χ1n) is 11.5. The number of carbonyl (C=O) groups is 1. The van der Waals surface area contributed by atoms with Crippen molar-refractivity contribution in [2.75, 3.05) is 25.0 Å². The van der Waals surface area contributed by atoms with Gasteiger partial charge in [-0.2, -0.15) is 0 Å². The van der Waals surface area contributed by atoms with Crippen molar-refractivity contribution in [2.24, 2.45) is 11.8 Å². The van der Waals surface area contributed by atoms with Gasteiger partial charge in [0, 0.05) is 42.2 Å². The number of piperidine rings is 1. The molecule has 5 rings (SSSR count). The van der Waals surface area contributed by atoms with E-state index in [1.807, 2.05) is 17.6 Å². The van der Waals surface area contributed by atoms with Crippen LogP contribution in [0.5, 0.6) is 0 Å². The Morgan fingerprint density at radius 3 is 2.97 bits per heavy atom. The Hall–Kier alpha value is -2.19. The Bertz CT molecular complexity index is 1120. The van der Waals surface area contributed by atoms with E-state index in [4.69, 9.17) is 17.0 Å². The normalized spacial score (nSPS) is 23.8. The molecule has 1 aliphatic carbocycles. The third-order valence-corrected chi connectivity index (χ3v) is 8.51. The summed E-state index contributed by atoms with van der Waals surface area (Å²) >= 11 is 7.49. The molecule has 0 aromatic carbocycles. The monoisotopic (exact) mass is 471 g/mol. The number of esters is 1. The highest BCUT2D eigenvalue weighted by Gasteiger charge is 2.36. The molecule has 4 heterocycles. The van der Waals surface area contributed by atoms with Crippen LogP contribution in [0, 0.1) is 11.8 Å². The molecule has 2 aliphatic heterocycles. The summed E-state index contributed by atoms with van der Waals surface area (Å²) in [5.41, 5.74) is 3.01. The summed E-state index contributed by atoms with van der Waals surface area (Å²) in [6.45, 7) is 6.80. The molecule has 1 saturated heterocycles. The van der Waals surface area contributed by atoms with Gasteiger partial charge in [0.1, 0.15) is 5.00 Å². The number of nitrogens with zero attached hydrogens (tertiary/aromatic N) is 2. The number of nitrogens with one attached hydrogen (secondary N) is 1. The van der Waals surface area contributed by atoms with Crippen molar-refractivity contribution >= 4 is 39.6 Å². The molecule has 0 saturated carbocycles. The second kappa shape index (κ2) is 8.63. The average Bonchev–Trinajstić information content (AvgIpc) is 3.11. The lowest BCUT2D eigenvalue weighted by molar-refractivity contribution is 0.0526. The molecule has 8 heteroatoms. The molecule has 1 fully saturated rings. The zero-order chi connectivity index (χ0) is 22.4. The van der Waals surface area contributed by atoms with Crippen LogP contribution in [0.1, 0.15) is 59.1 Å². The molecule has 3 atom stereocenters. The molecule has 170 valence electrons. The number of pyridine rings is 1. The maximum Gasteiger partial charge on any atom is 0.341 e. The standard InChI is InChI=1S/C24H29N3O3S2/c1-3-30-23(29)21-17-8-7-14(2)9-19(17)32-22(21)25-24(31)26-11-15-10-16(13-26)18-5-4-6-20(28)27(18)12-15/h4-6,14-16H,3,7-13H2,1-2H3,(H,25,31). The maximum absolute atomic E-state index is 12.8. The van der Waals surface area contributed by atoms with E-state index >= 15 is 0 Å². The molecule has 2 bridgehead atoms. The first-order valence-corrected chi connectivity index (χ1v) is 12.7. The van der Waals surface area contributed by atoms with Crippen molar-refractivity contribution in [3.8, 4) is 0 Å². The van der Waals surface area contributed by atoms with Crippen molar-refractivity contribution < 1.29 is 9.53 Å². The Morgan fingerprint density at radius 1 is 1.31 bits per heavy atom. The fourth-order valence-electron chi connectivity index (χ4n) is 5.50. The van der Waals surface area contributed by atoms with Gasteiger partial charge in [-0.3, -0.25) is 4.79 Å². The predicted octanol–water partition coefficient (Wildman–Crippen LogP) is 4.03. The fourth-order valence-corrected chi connectivity index (χ4v) is 7.21. The largest absolute Gasteiger partial charge is 0.462 e. The number of thiocarbonyl (C=S) groups is 1. The van der Waals surface area contributed by atoms with E-state index in [1.54, 1.807) is 17.4 Å². The Kier molecular flexibility index (Phi) is 5.84. The van der Waals surface area contributed by atoms with Gasteiger partial charge in [-0.05, 0) is 68.3 Å². The van der Waals surface area contributed by atoms with E-state index in [9.17, 15) is 9.59 Å². The number of thiophene rings is 1. The minimum absolute atomic E-state index is 0.0869. The van der Waals surface area contributed by atoms with Gasteiger partial charge in [-0.25, -0.2) is 4.79 Å². The van der Waals surface area contributed by atoms with Crippen LogP contribution < -0.4 is 10.9 Å². The summed E-state index contributed by atoms with van der Waals surface area (Å²) in [4.78, 5) is 28.6. The molecule has 2 aromatic heterocycles. The number of anilines is 1. The molecule has 32 heavy (non-hydrogen) atoms. The first kappa shape index (κ1) is 21.6. The Morgan fingerprint density at radius 2 is 2.16 bits per heavy atom. The van der Waals surface area contributed by atoms with Gasteiger partial charge in [0.15, 0.2) is 5.11 Å². The maximum atomic E-state index is 12.8. The number of fused-ring (bicyclic) bond motifs is 5. The molecule has 0 amide bonds. The number of likely N-dealkylation sites (tertiary alicyclic amines) is 1. The van der Waals surface area contributed by atoms with Crippen LogP contribution in [0.4, 0.5) is 5.00 Å². The predicted molar refractivity (Wildman–Crippen MR) is 131 cm³/mol. The highest BCUT2D eigenvalue weighted by Crippen LogP contribution is 2.41. The molecule has 3 aliphatic rings. The Labute approximate surface area is 197 Å². The van der Waals surface area contributed by atoms with Crippen LogP contribution in [-0.4, -0.2) is 40.2 Å². The first-order chi connectivity index (χ1) is 15.4. The minimum Gasteiger partial charge on any atom is -0.462 e. The fraction of sp³-hybridized carbons (Fsp3) is 0.542. The van der Waals surface area contributed by atoms with Crippen molar-refractivity contribution in [3.63, 3.8) is 0 Å². The lowest BCUT2D eigenvalue weighted by Gasteiger charge is -2.43. The molecule has 2 aromatic rings. The van der Waals surface area contributed by atoms with E-state index < -0.39 is 0 Å². The van der Waals surface area contributed by atoms with Gasteiger partial charge in [-0.1, -0.05) is 13.0 Å². The number of carbonyl (C=O) groups excluding carboxylic acids is 1. The van der Waals surface area contributed by atoms with E-state index in [2.05, 4.69) is 23.2 Å². The third kappa shape index (κ3) is 3.88. The van der Waals surface area contributed by atoms with Gasteiger partial charge < -0.3 is 19.5 Å². The zero-order valence-electron chi connectivity index (χ0n) is 18.6. The molecule has 3 unspecified atom stereocenters. The van der Waals surface area contributed by atoms with Gasteiger partial charge in [0.25, 0.3) is 5.56 Å². The number of hydrogen-bond acceptors (Lipinski definition) is 5. The van der Waals surface area contributed by atoms with Crippen LogP contribution >= 0.6 is 23.6 Å². The second-order valence-corrected chi connectivity index (χ2v) is 10.8. The molecular weight excluding hydrogens is 442 g/mol. The summed E-state index contributed by atoms with van der Waals surface area (Å²) in [7, 11) is 0. The van der Waals surface area contributed by atoms with Crippen molar-refractivity contribution in [2.45, 2.75) is 52.0 Å². The molecule has 6 nitrogen and oxygen atoms in total. The number of rotatable bonds is 3. The topological polar surface area (TPSA) is 63.6 Å². The lowest BCUT2D eigenvalue weighted by Crippen LogP contribution is -2.50. The van der Waals surface area contributed by atoms with Crippen molar-refractivity contribution in [3.05, 3.63) is 50.3 Å². The number of ether oxygens (including phenoxy) is 1. The average molecular weight is 472 g/mol. The molecule has 0 spiro atoms. The third-order valence-electron chi connectivity index (χ3n) is 6.98. The van der Waals surface area contributed by atoms with Crippen LogP contribution in [0.2, 0.25) is 0 Å². The molecule has 1 N–H and O–H groups in total. The second-order valence-electron chi connectivity index (χ2n) is 9.31. The quantitative estimate of drug-likeness (QED) is 0.539. The van der Waals surface area contributed by atoms with E-state index in [0.717, 1.165) is 61.6 Å². The summed E-state index contributed by atoms with van der Waals surface area (Å²) in [6.07, 6.45) is 4.09. The van der Waals surface area contributed by atoms with Gasteiger partial charge in [0.05, 0.1) is 12.2 Å². The highest BCUT2D eigenvalue weighted by atomic mass is 32.1. The van der Waals surface area contributed by atoms with Crippen molar-refractivity contribution in [1.82, 2.24) is 9.47 Å². The van der Waals surface area contributed by atoms with Crippen LogP contribution in [0.15, 0.2) is 23.0 Å². The molecule has 0 radical (unpaired) electrons. The van der Waals surface area contributed by atoms with Crippen molar-refractivity contribution in [1.29, 1.82) is 0 Å². The smallest absolute Gasteiger partial charge is 0.341 e.